The highest BCUT2D eigenvalue weighted by atomic mass is 32.1. The van der Waals surface area contributed by atoms with Crippen LogP contribution in [-0.4, -0.2) is 77.2 Å². The van der Waals surface area contributed by atoms with E-state index in [0.29, 0.717) is 34.1 Å². The molecule has 2 atom stereocenters. The third-order valence-electron chi connectivity index (χ3n) is 15.2. The van der Waals surface area contributed by atoms with Gasteiger partial charge >= 0.3 is 0 Å². The van der Waals surface area contributed by atoms with Crippen LogP contribution in [0.1, 0.15) is 127 Å². The zero-order chi connectivity index (χ0) is 41.1. The van der Waals surface area contributed by atoms with Gasteiger partial charge in [0.25, 0.3) is 11.8 Å². The normalized spacial score (nSPS) is 28.1. The number of aromatic nitrogens is 1. The van der Waals surface area contributed by atoms with Gasteiger partial charge in [0, 0.05) is 67.6 Å². The van der Waals surface area contributed by atoms with Crippen LogP contribution in [0, 0.1) is 17.3 Å². The highest BCUT2D eigenvalue weighted by Crippen LogP contribution is 2.55. The Labute approximate surface area is 355 Å². The fourth-order valence-corrected chi connectivity index (χ4v) is 13.5. The van der Waals surface area contributed by atoms with Crippen LogP contribution in [0.4, 0.5) is 11.4 Å². The lowest BCUT2D eigenvalue weighted by molar-refractivity contribution is -0.155. The molecular weight excluding hydrogens is 773 g/mol. The summed E-state index contributed by atoms with van der Waals surface area (Å²) in [7, 11) is 0. The van der Waals surface area contributed by atoms with Crippen molar-refractivity contribution in [2.24, 2.45) is 17.3 Å². The van der Waals surface area contributed by atoms with Gasteiger partial charge in [0.1, 0.15) is 6.04 Å². The minimum atomic E-state index is -0.960. The first-order chi connectivity index (χ1) is 28.9. The van der Waals surface area contributed by atoms with Crippen LogP contribution in [0.25, 0.3) is 10.2 Å². The Balaban J connectivity index is 0.654. The van der Waals surface area contributed by atoms with Crippen LogP contribution in [0.3, 0.4) is 0 Å². The van der Waals surface area contributed by atoms with Gasteiger partial charge in [-0.1, -0.05) is 30.3 Å². The number of fused-ring (bicyclic) bond motifs is 7. The van der Waals surface area contributed by atoms with Gasteiger partial charge in [0.05, 0.1) is 32.0 Å². The first-order valence-corrected chi connectivity index (χ1v) is 23.0. The topological polar surface area (TPSA) is 124 Å². The molecule has 2 saturated carbocycles. The van der Waals surface area contributed by atoms with E-state index in [4.69, 9.17) is 9.72 Å². The molecule has 7 aliphatic rings. The highest BCUT2D eigenvalue weighted by Gasteiger charge is 2.53. The van der Waals surface area contributed by atoms with Crippen molar-refractivity contribution < 1.29 is 23.9 Å². The fourth-order valence-electron chi connectivity index (χ4n) is 12.3. The molecule has 11 nitrogen and oxygen atoms in total. The number of piperidine rings is 1. The van der Waals surface area contributed by atoms with E-state index in [2.05, 4.69) is 77.6 Å². The molecule has 2 saturated heterocycles. The van der Waals surface area contributed by atoms with Gasteiger partial charge in [0.2, 0.25) is 11.8 Å². The number of ether oxygens (including phenoxy) is 1. The van der Waals surface area contributed by atoms with E-state index >= 15 is 0 Å². The number of rotatable bonds is 8. The lowest BCUT2D eigenvalue weighted by Gasteiger charge is -2.60. The highest BCUT2D eigenvalue weighted by molar-refractivity contribution is 7.18. The molecule has 12 heteroatoms. The number of anilines is 2. The number of likely N-dealkylation sites (tertiary alicyclic amines) is 1. The molecule has 1 spiro atoms. The maximum atomic E-state index is 13.5. The minimum Gasteiger partial charge on any atom is -0.384 e. The summed E-state index contributed by atoms with van der Waals surface area (Å²) in [5, 5.41) is 7.01. The van der Waals surface area contributed by atoms with Gasteiger partial charge < -0.3 is 19.9 Å². The van der Waals surface area contributed by atoms with Crippen LogP contribution >= 0.6 is 11.3 Å². The Morgan fingerprint density at radius 1 is 0.883 bits per heavy atom. The standard InChI is InChI=1S/C48H54N6O5S/c1-46(2)34-21-36-39(22-38(34)53-20-18-30-7-4-5-9-33(30)47(53,3)59-46)60-43(50-36)31-13-11-28(12-14-31)25-52-26-48(27-52)23-29(24-48)17-19-49-35-10-6-8-32-41(35)45(58)54(44(32)57)37-15-16-40(55)51-42(37)56/h4-10,21-22,28-29,31,37,49H,11-20,23-27H2,1-3H3,(H,51,55,56)/t28-,31-,37?,47?. The van der Waals surface area contributed by atoms with Crippen LogP contribution in [0.5, 0.6) is 0 Å². The minimum absolute atomic E-state index is 0.107. The Kier molecular flexibility index (Phi) is 8.89. The molecule has 4 amide bonds. The number of carbonyl (C=O) groups excluding carboxylic acids is 4. The molecule has 6 heterocycles. The molecular formula is C48H54N6O5S. The summed E-state index contributed by atoms with van der Waals surface area (Å²) in [6, 6.07) is 17.8. The van der Waals surface area contributed by atoms with Crippen molar-refractivity contribution in [3.05, 3.63) is 87.4 Å². The predicted octanol–water partition coefficient (Wildman–Crippen LogP) is 7.69. The average Bonchev–Trinajstić information content (AvgIpc) is 3.73. The number of carbonyl (C=O) groups is 4. The van der Waals surface area contributed by atoms with Crippen molar-refractivity contribution >= 4 is 56.6 Å². The largest absolute Gasteiger partial charge is 0.384 e. The van der Waals surface area contributed by atoms with E-state index in [1.165, 1.54) is 90.2 Å². The monoisotopic (exact) mass is 826 g/mol. The van der Waals surface area contributed by atoms with E-state index in [0.717, 1.165) is 42.3 Å². The number of nitrogens with zero attached hydrogens (tertiary/aromatic N) is 4. The number of imide groups is 2. The molecule has 3 aromatic carbocycles. The van der Waals surface area contributed by atoms with Gasteiger partial charge in [-0.05, 0) is 126 Å². The van der Waals surface area contributed by atoms with Crippen molar-refractivity contribution in [2.75, 3.05) is 42.9 Å². The van der Waals surface area contributed by atoms with Crippen molar-refractivity contribution in [3.63, 3.8) is 0 Å². The van der Waals surface area contributed by atoms with Gasteiger partial charge in [-0.15, -0.1) is 11.3 Å². The van der Waals surface area contributed by atoms with Gasteiger partial charge in [-0.2, -0.15) is 0 Å². The quantitative estimate of drug-likeness (QED) is 0.172. The van der Waals surface area contributed by atoms with E-state index in [1.807, 2.05) is 17.4 Å². The van der Waals surface area contributed by atoms with Crippen molar-refractivity contribution in [2.45, 2.75) is 108 Å². The summed E-state index contributed by atoms with van der Waals surface area (Å²) in [5.41, 5.74) is 7.13. The van der Waals surface area contributed by atoms with E-state index in [9.17, 15) is 19.2 Å². The molecule has 4 fully saturated rings. The van der Waals surface area contributed by atoms with Gasteiger partial charge in [-0.3, -0.25) is 29.4 Å². The molecule has 0 bridgehead atoms. The van der Waals surface area contributed by atoms with E-state index in [1.54, 1.807) is 12.1 Å². The molecule has 2 aliphatic carbocycles. The lowest BCUT2D eigenvalue weighted by Crippen LogP contribution is -2.63. The molecule has 2 unspecified atom stereocenters. The number of nitrogens with one attached hydrogen (secondary N) is 2. The number of hydrogen-bond donors (Lipinski definition) is 2. The van der Waals surface area contributed by atoms with Crippen molar-refractivity contribution in [1.29, 1.82) is 0 Å². The zero-order valence-corrected chi connectivity index (χ0v) is 35.7. The first-order valence-electron chi connectivity index (χ1n) is 22.2. The first kappa shape index (κ1) is 38.3. The SMILES string of the molecule is CC1(C)OC2(C)c3ccccc3CCN2c2cc3sc([C@H]4CC[C@H](CN5CC6(CC(CCNc7cccc8c7C(=O)N(C7CCC(=O)NC7=O)C8=O)C6)C5)CC4)nc3cc21. The van der Waals surface area contributed by atoms with Gasteiger partial charge in [0.15, 0.2) is 5.72 Å². The van der Waals surface area contributed by atoms with Crippen molar-refractivity contribution in [3.8, 4) is 0 Å². The fraction of sp³-hybridized carbons (Fsp3) is 0.521. The van der Waals surface area contributed by atoms with Crippen LogP contribution in [0.2, 0.25) is 0 Å². The summed E-state index contributed by atoms with van der Waals surface area (Å²) >= 11 is 1.91. The second-order valence-electron chi connectivity index (χ2n) is 19.6. The summed E-state index contributed by atoms with van der Waals surface area (Å²) in [4.78, 5) is 62.3. The van der Waals surface area contributed by atoms with E-state index in [-0.39, 0.29) is 18.7 Å². The summed E-state index contributed by atoms with van der Waals surface area (Å²) in [6.45, 7) is 12.0. The number of hydrogen-bond acceptors (Lipinski definition) is 10. The second-order valence-corrected chi connectivity index (χ2v) is 20.7. The lowest BCUT2D eigenvalue weighted by atomic mass is 9.57. The zero-order valence-electron chi connectivity index (χ0n) is 34.9. The second kappa shape index (κ2) is 13.9. The van der Waals surface area contributed by atoms with Crippen LogP contribution < -0.4 is 15.5 Å². The number of amides is 4. The maximum absolute atomic E-state index is 13.5. The third-order valence-corrected chi connectivity index (χ3v) is 16.3. The Hall–Kier alpha value is -4.65. The van der Waals surface area contributed by atoms with Crippen LogP contribution in [-0.2, 0) is 32.1 Å². The smallest absolute Gasteiger partial charge is 0.264 e. The van der Waals surface area contributed by atoms with Crippen LogP contribution in [0.15, 0.2) is 54.6 Å². The summed E-state index contributed by atoms with van der Waals surface area (Å²) in [6.07, 6.45) is 9.76. The average molecular weight is 827 g/mol. The maximum Gasteiger partial charge on any atom is 0.264 e. The molecule has 4 aromatic rings. The predicted molar refractivity (Wildman–Crippen MR) is 231 cm³/mol. The third kappa shape index (κ3) is 6.14. The number of thiazole rings is 1. The van der Waals surface area contributed by atoms with Gasteiger partial charge in [-0.25, -0.2) is 4.98 Å². The Morgan fingerprint density at radius 2 is 1.68 bits per heavy atom. The molecule has 2 N–H and O–H groups in total. The summed E-state index contributed by atoms with van der Waals surface area (Å²) < 4.78 is 8.30. The summed E-state index contributed by atoms with van der Waals surface area (Å²) in [5.74, 6) is 0.0443. The Morgan fingerprint density at radius 3 is 2.48 bits per heavy atom. The molecule has 312 valence electrons. The number of benzene rings is 3. The molecule has 11 rings (SSSR count). The van der Waals surface area contributed by atoms with Crippen molar-refractivity contribution in [1.82, 2.24) is 20.1 Å². The molecule has 5 aliphatic heterocycles. The Bertz CT molecular complexity index is 2460. The molecule has 1 aromatic heterocycles. The molecule has 0 radical (unpaired) electrons. The molecule has 60 heavy (non-hydrogen) atoms. The van der Waals surface area contributed by atoms with E-state index < -0.39 is 35.1 Å².